The van der Waals surface area contributed by atoms with Crippen LogP contribution in [0.2, 0.25) is 0 Å². The number of ether oxygens (including phenoxy) is 1. The first-order valence-electron chi connectivity index (χ1n) is 5.22. The van der Waals surface area contributed by atoms with Crippen LogP contribution in [0.3, 0.4) is 0 Å². The Kier molecular flexibility index (Phi) is 4.35. The van der Waals surface area contributed by atoms with Crippen LogP contribution in [0.25, 0.3) is 0 Å². The van der Waals surface area contributed by atoms with Gasteiger partial charge >= 0.3 is 0 Å². The SMILES string of the molecule is CC(C)[C@H](N)C(=O)NCC1CCOC1. The summed E-state index contributed by atoms with van der Waals surface area (Å²) in [5, 5.41) is 2.86. The van der Waals surface area contributed by atoms with E-state index < -0.39 is 6.04 Å². The van der Waals surface area contributed by atoms with Gasteiger partial charge < -0.3 is 15.8 Å². The summed E-state index contributed by atoms with van der Waals surface area (Å²) in [5.41, 5.74) is 5.70. The molecule has 1 amide bonds. The van der Waals surface area contributed by atoms with Gasteiger partial charge in [-0.1, -0.05) is 13.8 Å². The molecule has 0 aliphatic carbocycles. The van der Waals surface area contributed by atoms with Crippen molar-refractivity contribution in [3.8, 4) is 0 Å². The number of carbonyl (C=O) groups is 1. The summed E-state index contributed by atoms with van der Waals surface area (Å²) in [4.78, 5) is 11.5. The number of carbonyl (C=O) groups excluding carboxylic acids is 1. The van der Waals surface area contributed by atoms with Gasteiger partial charge in [-0.25, -0.2) is 0 Å². The molecule has 0 bridgehead atoms. The third-order valence-electron chi connectivity index (χ3n) is 2.61. The normalized spacial score (nSPS) is 23.9. The van der Waals surface area contributed by atoms with Crippen molar-refractivity contribution in [2.75, 3.05) is 19.8 Å². The molecule has 2 atom stereocenters. The molecule has 1 aliphatic heterocycles. The monoisotopic (exact) mass is 200 g/mol. The van der Waals surface area contributed by atoms with Crippen molar-refractivity contribution in [1.29, 1.82) is 0 Å². The predicted octanol–water partition coefficient (Wildman–Crippen LogP) is 0.122. The maximum absolute atomic E-state index is 11.5. The molecule has 0 aromatic heterocycles. The first kappa shape index (κ1) is 11.5. The lowest BCUT2D eigenvalue weighted by Crippen LogP contribution is -2.45. The number of nitrogens with one attached hydrogen (secondary N) is 1. The second kappa shape index (κ2) is 5.32. The van der Waals surface area contributed by atoms with E-state index in [-0.39, 0.29) is 11.8 Å². The van der Waals surface area contributed by atoms with Crippen LogP contribution in [0.15, 0.2) is 0 Å². The maximum Gasteiger partial charge on any atom is 0.237 e. The largest absolute Gasteiger partial charge is 0.381 e. The van der Waals surface area contributed by atoms with E-state index in [1.165, 1.54) is 0 Å². The van der Waals surface area contributed by atoms with Gasteiger partial charge in [0.15, 0.2) is 0 Å². The Bertz CT molecular complexity index is 189. The van der Waals surface area contributed by atoms with Crippen molar-refractivity contribution in [2.45, 2.75) is 26.3 Å². The van der Waals surface area contributed by atoms with Crippen molar-refractivity contribution >= 4 is 5.91 Å². The zero-order chi connectivity index (χ0) is 10.6. The molecule has 0 radical (unpaired) electrons. The zero-order valence-corrected chi connectivity index (χ0v) is 8.95. The first-order valence-corrected chi connectivity index (χ1v) is 5.22. The van der Waals surface area contributed by atoms with E-state index in [0.717, 1.165) is 19.6 Å². The fourth-order valence-electron chi connectivity index (χ4n) is 1.41. The van der Waals surface area contributed by atoms with Gasteiger partial charge in [-0.15, -0.1) is 0 Å². The second-order valence-corrected chi connectivity index (χ2v) is 4.24. The average molecular weight is 200 g/mol. The van der Waals surface area contributed by atoms with Crippen LogP contribution in [0, 0.1) is 11.8 Å². The summed E-state index contributed by atoms with van der Waals surface area (Å²) in [6.07, 6.45) is 1.04. The molecule has 1 heterocycles. The minimum absolute atomic E-state index is 0.0492. The molecule has 4 heteroatoms. The van der Waals surface area contributed by atoms with Crippen LogP contribution in [-0.4, -0.2) is 31.7 Å². The standard InChI is InChI=1S/C10H20N2O2/c1-7(2)9(11)10(13)12-5-8-3-4-14-6-8/h7-9H,3-6,11H2,1-2H3,(H,12,13)/t8?,9-/m0/s1. The highest BCUT2D eigenvalue weighted by atomic mass is 16.5. The molecule has 3 N–H and O–H groups in total. The van der Waals surface area contributed by atoms with Gasteiger partial charge in [0.2, 0.25) is 5.91 Å². The third-order valence-corrected chi connectivity index (χ3v) is 2.61. The minimum Gasteiger partial charge on any atom is -0.381 e. The van der Waals surface area contributed by atoms with E-state index in [0.29, 0.717) is 12.5 Å². The molecule has 1 fully saturated rings. The van der Waals surface area contributed by atoms with Gasteiger partial charge in [-0.2, -0.15) is 0 Å². The molecule has 82 valence electrons. The van der Waals surface area contributed by atoms with Crippen LogP contribution in [0.1, 0.15) is 20.3 Å². The summed E-state index contributed by atoms with van der Waals surface area (Å²) in [5.74, 6) is 0.611. The van der Waals surface area contributed by atoms with E-state index in [1.807, 2.05) is 13.8 Å². The van der Waals surface area contributed by atoms with Crippen molar-refractivity contribution < 1.29 is 9.53 Å². The summed E-state index contributed by atoms with van der Waals surface area (Å²) < 4.78 is 5.21. The van der Waals surface area contributed by atoms with Crippen LogP contribution in [-0.2, 0) is 9.53 Å². The van der Waals surface area contributed by atoms with Crippen LogP contribution in [0.5, 0.6) is 0 Å². The number of nitrogens with two attached hydrogens (primary N) is 1. The highest BCUT2D eigenvalue weighted by Gasteiger charge is 2.20. The maximum atomic E-state index is 11.5. The molecular formula is C10H20N2O2. The minimum atomic E-state index is -0.391. The summed E-state index contributed by atoms with van der Waals surface area (Å²) >= 11 is 0. The lowest BCUT2D eigenvalue weighted by atomic mass is 10.0. The van der Waals surface area contributed by atoms with Crippen LogP contribution >= 0.6 is 0 Å². The summed E-state index contributed by atoms with van der Waals surface area (Å²) in [7, 11) is 0. The summed E-state index contributed by atoms with van der Waals surface area (Å²) in [6, 6.07) is -0.391. The van der Waals surface area contributed by atoms with E-state index in [9.17, 15) is 4.79 Å². The van der Waals surface area contributed by atoms with E-state index in [2.05, 4.69) is 5.32 Å². The van der Waals surface area contributed by atoms with Crippen molar-refractivity contribution in [2.24, 2.45) is 17.6 Å². The highest BCUT2D eigenvalue weighted by molar-refractivity contribution is 5.81. The van der Waals surface area contributed by atoms with E-state index in [1.54, 1.807) is 0 Å². The second-order valence-electron chi connectivity index (χ2n) is 4.24. The smallest absolute Gasteiger partial charge is 0.237 e. The van der Waals surface area contributed by atoms with Crippen LogP contribution in [0.4, 0.5) is 0 Å². The Labute approximate surface area is 85.2 Å². The number of hydrogen-bond donors (Lipinski definition) is 2. The van der Waals surface area contributed by atoms with Crippen molar-refractivity contribution in [3.63, 3.8) is 0 Å². The van der Waals surface area contributed by atoms with Gasteiger partial charge in [0.25, 0.3) is 0 Å². The molecule has 0 spiro atoms. The first-order chi connectivity index (χ1) is 6.61. The molecular weight excluding hydrogens is 180 g/mol. The Morgan fingerprint density at radius 2 is 2.36 bits per heavy atom. The molecule has 1 rings (SSSR count). The van der Waals surface area contributed by atoms with E-state index in [4.69, 9.17) is 10.5 Å². The van der Waals surface area contributed by atoms with Crippen molar-refractivity contribution in [1.82, 2.24) is 5.32 Å². The predicted molar refractivity (Wildman–Crippen MR) is 54.7 cm³/mol. The van der Waals surface area contributed by atoms with Gasteiger partial charge in [0, 0.05) is 19.1 Å². The number of amides is 1. The lowest BCUT2D eigenvalue weighted by molar-refractivity contribution is -0.123. The fraction of sp³-hybridized carbons (Fsp3) is 0.900. The third kappa shape index (κ3) is 3.27. The topological polar surface area (TPSA) is 64.4 Å². The van der Waals surface area contributed by atoms with Gasteiger partial charge in [-0.3, -0.25) is 4.79 Å². The molecule has 0 saturated carbocycles. The average Bonchev–Trinajstić information content (AvgIpc) is 2.65. The lowest BCUT2D eigenvalue weighted by Gasteiger charge is -2.16. The van der Waals surface area contributed by atoms with Crippen LogP contribution < -0.4 is 11.1 Å². The molecule has 1 unspecified atom stereocenters. The quantitative estimate of drug-likeness (QED) is 0.677. The Hall–Kier alpha value is -0.610. The fourth-order valence-corrected chi connectivity index (χ4v) is 1.41. The van der Waals surface area contributed by atoms with Gasteiger partial charge in [0.1, 0.15) is 0 Å². The molecule has 0 aromatic carbocycles. The van der Waals surface area contributed by atoms with E-state index >= 15 is 0 Å². The Morgan fingerprint density at radius 1 is 1.64 bits per heavy atom. The Balaban J connectivity index is 2.19. The molecule has 1 saturated heterocycles. The molecule has 0 aromatic rings. The molecule has 1 aliphatic rings. The highest BCUT2D eigenvalue weighted by Crippen LogP contribution is 2.10. The molecule has 14 heavy (non-hydrogen) atoms. The number of hydrogen-bond acceptors (Lipinski definition) is 3. The zero-order valence-electron chi connectivity index (χ0n) is 8.95. The molecule has 4 nitrogen and oxygen atoms in total. The summed E-state index contributed by atoms with van der Waals surface area (Å²) in [6.45, 7) is 6.17. The van der Waals surface area contributed by atoms with Gasteiger partial charge in [-0.05, 0) is 12.3 Å². The van der Waals surface area contributed by atoms with Gasteiger partial charge in [0.05, 0.1) is 12.6 Å². The number of rotatable bonds is 4. The Morgan fingerprint density at radius 3 is 2.86 bits per heavy atom. The van der Waals surface area contributed by atoms with Crippen molar-refractivity contribution in [3.05, 3.63) is 0 Å².